The molecule has 0 bridgehead atoms. The van der Waals surface area contributed by atoms with Crippen molar-refractivity contribution >= 4 is 5.91 Å². The van der Waals surface area contributed by atoms with E-state index in [1.165, 1.54) is 0 Å². The lowest BCUT2D eigenvalue weighted by atomic mass is 9.99. The number of carbonyl (C=O) groups is 1. The molecular formula is C14H26N4O. The standard InChI is InChI=1S/C14H26N4O/c1-6-14(3,4)17(5)13(19)12-10-16-18(11(12)2)9-7-8-15/h10H,6-9,15H2,1-5H3. The van der Waals surface area contributed by atoms with E-state index in [-0.39, 0.29) is 11.4 Å². The van der Waals surface area contributed by atoms with Crippen molar-refractivity contribution in [2.24, 2.45) is 5.73 Å². The molecule has 1 rings (SSSR count). The largest absolute Gasteiger partial charge is 0.336 e. The second-order valence-electron chi connectivity index (χ2n) is 5.54. The summed E-state index contributed by atoms with van der Waals surface area (Å²) in [6.45, 7) is 9.55. The first-order chi connectivity index (χ1) is 8.85. The monoisotopic (exact) mass is 266 g/mol. The normalized spacial score (nSPS) is 11.7. The molecule has 0 aromatic carbocycles. The first-order valence-electron chi connectivity index (χ1n) is 6.85. The molecule has 19 heavy (non-hydrogen) atoms. The van der Waals surface area contributed by atoms with Gasteiger partial charge < -0.3 is 10.6 Å². The highest BCUT2D eigenvalue weighted by atomic mass is 16.2. The summed E-state index contributed by atoms with van der Waals surface area (Å²) in [6, 6.07) is 0. The topological polar surface area (TPSA) is 64.2 Å². The van der Waals surface area contributed by atoms with Crippen LogP contribution in [0.15, 0.2) is 6.20 Å². The van der Waals surface area contributed by atoms with Gasteiger partial charge in [-0.1, -0.05) is 6.92 Å². The van der Waals surface area contributed by atoms with Gasteiger partial charge in [0.25, 0.3) is 5.91 Å². The molecule has 2 N–H and O–H groups in total. The van der Waals surface area contributed by atoms with Crippen LogP contribution in [0.1, 0.15) is 49.7 Å². The number of hydrogen-bond acceptors (Lipinski definition) is 3. The van der Waals surface area contributed by atoms with E-state index in [1.807, 2.05) is 18.7 Å². The highest BCUT2D eigenvalue weighted by Crippen LogP contribution is 2.20. The lowest BCUT2D eigenvalue weighted by molar-refractivity contribution is 0.0619. The molecule has 1 aromatic rings. The molecule has 0 aliphatic heterocycles. The van der Waals surface area contributed by atoms with E-state index >= 15 is 0 Å². The maximum absolute atomic E-state index is 12.5. The van der Waals surface area contributed by atoms with Crippen LogP contribution in [0, 0.1) is 6.92 Å². The molecule has 0 radical (unpaired) electrons. The molecule has 0 aliphatic carbocycles. The number of amides is 1. The molecular weight excluding hydrogens is 240 g/mol. The first-order valence-corrected chi connectivity index (χ1v) is 6.85. The molecule has 0 fully saturated rings. The van der Waals surface area contributed by atoms with Gasteiger partial charge in [-0.15, -0.1) is 0 Å². The van der Waals surface area contributed by atoms with Crippen LogP contribution >= 0.6 is 0 Å². The minimum Gasteiger partial charge on any atom is -0.336 e. The van der Waals surface area contributed by atoms with Gasteiger partial charge in [-0.3, -0.25) is 9.48 Å². The van der Waals surface area contributed by atoms with Crippen molar-refractivity contribution in [2.75, 3.05) is 13.6 Å². The Kier molecular flexibility index (Phi) is 5.11. The molecule has 5 nitrogen and oxygen atoms in total. The summed E-state index contributed by atoms with van der Waals surface area (Å²) in [5.41, 5.74) is 6.95. The van der Waals surface area contributed by atoms with Crippen LogP contribution in [0.3, 0.4) is 0 Å². The fourth-order valence-electron chi connectivity index (χ4n) is 1.82. The van der Waals surface area contributed by atoms with Crippen molar-refractivity contribution in [3.05, 3.63) is 17.5 Å². The second-order valence-corrected chi connectivity index (χ2v) is 5.54. The summed E-state index contributed by atoms with van der Waals surface area (Å²) in [5.74, 6) is 0.0309. The van der Waals surface area contributed by atoms with E-state index in [1.54, 1.807) is 11.1 Å². The zero-order valence-electron chi connectivity index (χ0n) is 12.7. The Morgan fingerprint density at radius 1 is 1.53 bits per heavy atom. The fraction of sp³-hybridized carbons (Fsp3) is 0.714. The average molecular weight is 266 g/mol. The predicted octanol–water partition coefficient (Wildman–Crippen LogP) is 1.80. The molecule has 0 spiro atoms. The average Bonchev–Trinajstić information content (AvgIpc) is 2.75. The van der Waals surface area contributed by atoms with Crippen LogP contribution in [0.5, 0.6) is 0 Å². The summed E-state index contributed by atoms with van der Waals surface area (Å²) in [7, 11) is 1.85. The summed E-state index contributed by atoms with van der Waals surface area (Å²) >= 11 is 0. The molecule has 5 heteroatoms. The number of nitrogens with two attached hydrogens (primary N) is 1. The van der Waals surface area contributed by atoms with Crippen molar-refractivity contribution in [1.82, 2.24) is 14.7 Å². The summed E-state index contributed by atoms with van der Waals surface area (Å²) < 4.78 is 1.85. The van der Waals surface area contributed by atoms with Crippen LogP contribution in [-0.4, -0.2) is 39.7 Å². The van der Waals surface area contributed by atoms with Gasteiger partial charge in [0.1, 0.15) is 0 Å². The Labute approximate surface area is 115 Å². The van der Waals surface area contributed by atoms with Crippen molar-refractivity contribution in [3.8, 4) is 0 Å². The number of aryl methyl sites for hydroxylation is 1. The SMILES string of the molecule is CCC(C)(C)N(C)C(=O)c1cnn(CCCN)c1C. The molecule has 0 atom stereocenters. The lowest BCUT2D eigenvalue weighted by Crippen LogP contribution is -2.44. The number of hydrogen-bond donors (Lipinski definition) is 1. The van der Waals surface area contributed by atoms with Crippen molar-refractivity contribution in [3.63, 3.8) is 0 Å². The molecule has 0 saturated heterocycles. The summed E-state index contributed by atoms with van der Waals surface area (Å²) in [6.07, 6.45) is 3.44. The molecule has 1 heterocycles. The van der Waals surface area contributed by atoms with E-state index in [9.17, 15) is 4.79 Å². The Morgan fingerprint density at radius 3 is 2.68 bits per heavy atom. The van der Waals surface area contributed by atoms with Crippen molar-refractivity contribution in [2.45, 2.75) is 52.6 Å². The third kappa shape index (κ3) is 3.35. The third-order valence-corrected chi connectivity index (χ3v) is 3.99. The number of rotatable bonds is 6. The van der Waals surface area contributed by atoms with Crippen LogP contribution in [0.4, 0.5) is 0 Å². The van der Waals surface area contributed by atoms with E-state index in [0.717, 1.165) is 25.1 Å². The van der Waals surface area contributed by atoms with Gasteiger partial charge in [0.15, 0.2) is 0 Å². The highest BCUT2D eigenvalue weighted by molar-refractivity contribution is 5.95. The van der Waals surface area contributed by atoms with E-state index in [4.69, 9.17) is 5.73 Å². The second kappa shape index (κ2) is 6.19. The number of carbonyl (C=O) groups excluding carboxylic acids is 1. The van der Waals surface area contributed by atoms with E-state index < -0.39 is 0 Å². The van der Waals surface area contributed by atoms with Crippen molar-refractivity contribution in [1.29, 1.82) is 0 Å². The van der Waals surface area contributed by atoms with Gasteiger partial charge in [0.2, 0.25) is 0 Å². The molecule has 0 saturated carbocycles. The minimum absolute atomic E-state index is 0.0309. The molecule has 1 aromatic heterocycles. The van der Waals surface area contributed by atoms with Gasteiger partial charge in [0, 0.05) is 24.8 Å². The van der Waals surface area contributed by atoms with E-state index in [2.05, 4.69) is 25.9 Å². The van der Waals surface area contributed by atoms with Gasteiger partial charge in [-0.2, -0.15) is 5.10 Å². The lowest BCUT2D eigenvalue weighted by Gasteiger charge is -2.34. The Morgan fingerprint density at radius 2 is 2.16 bits per heavy atom. The van der Waals surface area contributed by atoms with Crippen molar-refractivity contribution < 1.29 is 4.79 Å². The van der Waals surface area contributed by atoms with Crippen LogP contribution in [-0.2, 0) is 6.54 Å². The molecule has 1 amide bonds. The molecule has 0 unspecified atom stereocenters. The highest BCUT2D eigenvalue weighted by Gasteiger charge is 2.28. The number of nitrogens with zero attached hydrogens (tertiary/aromatic N) is 3. The minimum atomic E-state index is -0.150. The van der Waals surface area contributed by atoms with Crippen LogP contribution in [0.2, 0.25) is 0 Å². The Hall–Kier alpha value is -1.36. The maximum atomic E-state index is 12.5. The van der Waals surface area contributed by atoms with Gasteiger partial charge >= 0.3 is 0 Å². The summed E-state index contributed by atoms with van der Waals surface area (Å²) in [5, 5.41) is 4.28. The zero-order chi connectivity index (χ0) is 14.6. The Balaban J connectivity index is 2.92. The van der Waals surface area contributed by atoms with Gasteiger partial charge in [-0.05, 0) is 40.2 Å². The first kappa shape index (κ1) is 15.7. The number of aromatic nitrogens is 2. The van der Waals surface area contributed by atoms with Crippen LogP contribution < -0.4 is 5.73 Å². The van der Waals surface area contributed by atoms with Crippen LogP contribution in [0.25, 0.3) is 0 Å². The quantitative estimate of drug-likeness (QED) is 0.854. The molecule has 0 aliphatic rings. The fourth-order valence-corrected chi connectivity index (χ4v) is 1.82. The van der Waals surface area contributed by atoms with E-state index in [0.29, 0.717) is 12.1 Å². The smallest absolute Gasteiger partial charge is 0.257 e. The zero-order valence-corrected chi connectivity index (χ0v) is 12.7. The summed E-state index contributed by atoms with van der Waals surface area (Å²) in [4.78, 5) is 14.3. The molecule has 108 valence electrons. The van der Waals surface area contributed by atoms with Gasteiger partial charge in [-0.25, -0.2) is 0 Å². The maximum Gasteiger partial charge on any atom is 0.257 e. The van der Waals surface area contributed by atoms with Gasteiger partial charge in [0.05, 0.1) is 11.8 Å². The predicted molar refractivity (Wildman–Crippen MR) is 77.1 cm³/mol. The third-order valence-electron chi connectivity index (χ3n) is 3.99. The Bertz CT molecular complexity index is 437.